The van der Waals surface area contributed by atoms with Gasteiger partial charge in [-0.2, -0.15) is 11.3 Å². The summed E-state index contributed by atoms with van der Waals surface area (Å²) in [6.07, 6.45) is 2.19. The second-order valence-corrected chi connectivity index (χ2v) is 6.74. The van der Waals surface area contributed by atoms with Gasteiger partial charge in [-0.15, -0.1) is 11.8 Å². The number of benzene rings is 1. The molecular formula is C15H18N2S2. The van der Waals surface area contributed by atoms with Crippen LogP contribution in [0.3, 0.4) is 0 Å². The van der Waals surface area contributed by atoms with Crippen LogP contribution in [0.5, 0.6) is 0 Å². The molecule has 0 fully saturated rings. The van der Waals surface area contributed by atoms with Crippen molar-refractivity contribution in [3.05, 3.63) is 52.2 Å². The van der Waals surface area contributed by atoms with Crippen LogP contribution >= 0.6 is 23.1 Å². The van der Waals surface area contributed by atoms with Crippen LogP contribution in [0, 0.1) is 0 Å². The van der Waals surface area contributed by atoms with E-state index in [-0.39, 0.29) is 0 Å². The largest absolute Gasteiger partial charge is 0.271 e. The normalized spacial score (nSPS) is 19.3. The van der Waals surface area contributed by atoms with Crippen LogP contribution in [0.15, 0.2) is 46.0 Å². The minimum atomic E-state index is 0.357. The van der Waals surface area contributed by atoms with Gasteiger partial charge in [0, 0.05) is 22.6 Å². The second-order valence-electron chi connectivity index (χ2n) is 4.90. The van der Waals surface area contributed by atoms with Crippen LogP contribution in [-0.4, -0.2) is 11.8 Å². The summed E-state index contributed by atoms with van der Waals surface area (Å²) in [4.78, 5) is 1.42. The van der Waals surface area contributed by atoms with E-state index in [1.165, 1.54) is 16.0 Å². The maximum Gasteiger partial charge on any atom is 0.0290 e. The van der Waals surface area contributed by atoms with E-state index in [0.717, 1.165) is 18.6 Å². The Hall–Kier alpha value is -0.810. The molecule has 19 heavy (non-hydrogen) atoms. The van der Waals surface area contributed by atoms with Crippen molar-refractivity contribution in [1.82, 2.24) is 5.43 Å². The number of thiophene rings is 1. The number of aryl methyl sites for hydroxylation is 1. The van der Waals surface area contributed by atoms with E-state index in [1.54, 1.807) is 11.3 Å². The molecule has 2 unspecified atom stereocenters. The molecule has 1 aromatic heterocycles. The Labute approximate surface area is 122 Å². The Balaban J connectivity index is 1.69. The van der Waals surface area contributed by atoms with Gasteiger partial charge in [-0.1, -0.05) is 18.2 Å². The quantitative estimate of drug-likeness (QED) is 0.655. The Bertz CT molecular complexity index is 525. The maximum atomic E-state index is 5.79. The van der Waals surface area contributed by atoms with Gasteiger partial charge >= 0.3 is 0 Å². The maximum absolute atomic E-state index is 5.79. The highest BCUT2D eigenvalue weighted by Crippen LogP contribution is 2.41. The summed E-state index contributed by atoms with van der Waals surface area (Å²) in [6.45, 7) is 0. The first-order valence-electron chi connectivity index (χ1n) is 6.57. The van der Waals surface area contributed by atoms with Crippen LogP contribution in [0.25, 0.3) is 0 Å². The molecule has 3 N–H and O–H groups in total. The van der Waals surface area contributed by atoms with Gasteiger partial charge in [0.2, 0.25) is 0 Å². The number of hydrogen-bond donors (Lipinski definition) is 2. The molecule has 1 aliphatic rings. The Morgan fingerprint density at radius 1 is 1.32 bits per heavy atom. The summed E-state index contributed by atoms with van der Waals surface area (Å²) in [5.74, 6) is 7.46. The highest BCUT2D eigenvalue weighted by molar-refractivity contribution is 7.99. The van der Waals surface area contributed by atoms with Gasteiger partial charge in [-0.05, 0) is 46.9 Å². The van der Waals surface area contributed by atoms with Gasteiger partial charge in [0.25, 0.3) is 0 Å². The van der Waals surface area contributed by atoms with E-state index in [1.807, 2.05) is 11.8 Å². The van der Waals surface area contributed by atoms with E-state index in [2.05, 4.69) is 46.5 Å². The number of rotatable bonds is 5. The van der Waals surface area contributed by atoms with Gasteiger partial charge in [-0.25, -0.2) is 0 Å². The zero-order valence-electron chi connectivity index (χ0n) is 10.7. The fourth-order valence-electron chi connectivity index (χ4n) is 2.68. The third kappa shape index (κ3) is 2.87. The highest BCUT2D eigenvalue weighted by Gasteiger charge is 2.29. The fourth-order valence-corrected chi connectivity index (χ4v) is 4.71. The van der Waals surface area contributed by atoms with Crippen molar-refractivity contribution in [2.75, 3.05) is 5.75 Å². The molecule has 1 aliphatic heterocycles. The third-order valence-electron chi connectivity index (χ3n) is 3.76. The molecule has 2 nitrogen and oxygen atoms in total. The lowest BCUT2D eigenvalue weighted by atomic mass is 9.90. The van der Waals surface area contributed by atoms with Crippen molar-refractivity contribution in [3.8, 4) is 0 Å². The number of thioether (sulfide) groups is 1. The lowest BCUT2D eigenvalue weighted by molar-refractivity contribution is 0.438. The lowest BCUT2D eigenvalue weighted by Crippen LogP contribution is -2.40. The molecule has 2 aromatic rings. The minimum absolute atomic E-state index is 0.357. The molecule has 0 aliphatic carbocycles. The molecule has 0 saturated heterocycles. The summed E-state index contributed by atoms with van der Waals surface area (Å²) in [5, 5.41) is 4.37. The van der Waals surface area contributed by atoms with Crippen molar-refractivity contribution >= 4 is 23.1 Å². The van der Waals surface area contributed by atoms with Gasteiger partial charge < -0.3 is 0 Å². The van der Waals surface area contributed by atoms with Crippen LogP contribution in [0.4, 0.5) is 0 Å². The number of nitrogens with one attached hydrogen (secondary N) is 1. The van der Waals surface area contributed by atoms with Gasteiger partial charge in [0.05, 0.1) is 0 Å². The zero-order valence-corrected chi connectivity index (χ0v) is 12.3. The van der Waals surface area contributed by atoms with E-state index in [4.69, 9.17) is 5.84 Å². The van der Waals surface area contributed by atoms with Gasteiger partial charge in [-0.3, -0.25) is 11.3 Å². The van der Waals surface area contributed by atoms with Crippen molar-refractivity contribution in [1.29, 1.82) is 0 Å². The molecule has 2 atom stereocenters. The second kappa shape index (κ2) is 6.09. The monoisotopic (exact) mass is 290 g/mol. The molecule has 1 aromatic carbocycles. The lowest BCUT2D eigenvalue weighted by Gasteiger charge is -2.23. The van der Waals surface area contributed by atoms with Crippen molar-refractivity contribution in [2.45, 2.75) is 29.7 Å². The molecule has 100 valence electrons. The molecule has 0 spiro atoms. The van der Waals surface area contributed by atoms with E-state index in [0.29, 0.717) is 12.0 Å². The van der Waals surface area contributed by atoms with Crippen LogP contribution < -0.4 is 11.3 Å². The predicted octanol–water partition coefficient (Wildman–Crippen LogP) is 3.40. The number of nitrogens with two attached hydrogens (primary N) is 1. The summed E-state index contributed by atoms with van der Waals surface area (Å²) in [6, 6.07) is 11.3. The summed E-state index contributed by atoms with van der Waals surface area (Å²) < 4.78 is 0. The smallest absolute Gasteiger partial charge is 0.0290 e. The minimum Gasteiger partial charge on any atom is -0.271 e. The third-order valence-corrected chi connectivity index (χ3v) is 5.70. The number of fused-ring (bicyclic) bond motifs is 1. The molecule has 3 rings (SSSR count). The topological polar surface area (TPSA) is 38.0 Å². The Morgan fingerprint density at radius 2 is 2.21 bits per heavy atom. The first kappa shape index (κ1) is 13.2. The van der Waals surface area contributed by atoms with Gasteiger partial charge in [0.15, 0.2) is 0 Å². The number of hydrazine groups is 1. The van der Waals surface area contributed by atoms with Crippen molar-refractivity contribution in [3.63, 3.8) is 0 Å². The predicted molar refractivity (Wildman–Crippen MR) is 83.7 cm³/mol. The Morgan fingerprint density at radius 3 is 3.00 bits per heavy atom. The molecule has 0 radical (unpaired) electrons. The SMILES string of the molecule is NNC(CCc1ccsc1)C1CSc2ccccc21. The highest BCUT2D eigenvalue weighted by atomic mass is 32.2. The molecular weight excluding hydrogens is 272 g/mol. The molecule has 4 heteroatoms. The van der Waals surface area contributed by atoms with Crippen LogP contribution in [0.2, 0.25) is 0 Å². The summed E-state index contributed by atoms with van der Waals surface area (Å²) in [5.41, 5.74) is 5.92. The van der Waals surface area contributed by atoms with E-state index >= 15 is 0 Å². The average Bonchev–Trinajstić information content (AvgIpc) is 3.09. The van der Waals surface area contributed by atoms with Crippen LogP contribution in [0.1, 0.15) is 23.5 Å². The van der Waals surface area contributed by atoms with Crippen LogP contribution in [-0.2, 0) is 6.42 Å². The average molecular weight is 290 g/mol. The van der Waals surface area contributed by atoms with Crippen molar-refractivity contribution in [2.24, 2.45) is 5.84 Å². The molecule has 0 bridgehead atoms. The number of hydrogen-bond acceptors (Lipinski definition) is 4. The van der Waals surface area contributed by atoms with Gasteiger partial charge in [0.1, 0.15) is 0 Å². The van der Waals surface area contributed by atoms with E-state index < -0.39 is 0 Å². The standard InChI is InChI=1S/C15H18N2S2/c16-17-14(6-5-11-7-8-18-9-11)13-10-19-15-4-2-1-3-12(13)15/h1-4,7-9,13-14,17H,5-6,10,16H2. The first-order valence-corrected chi connectivity index (χ1v) is 8.50. The molecule has 0 amide bonds. The van der Waals surface area contributed by atoms with Crippen molar-refractivity contribution < 1.29 is 0 Å². The fraction of sp³-hybridized carbons (Fsp3) is 0.333. The van der Waals surface area contributed by atoms with E-state index in [9.17, 15) is 0 Å². The molecule has 2 heterocycles. The zero-order chi connectivity index (χ0) is 13.1. The summed E-state index contributed by atoms with van der Waals surface area (Å²) in [7, 11) is 0. The summed E-state index contributed by atoms with van der Waals surface area (Å²) >= 11 is 3.71. The Kier molecular flexibility index (Phi) is 4.23. The first-order chi connectivity index (χ1) is 9.38. The molecule has 0 saturated carbocycles.